The molecule has 0 atom stereocenters. The summed E-state index contributed by atoms with van der Waals surface area (Å²) in [5.41, 5.74) is 13.0. The van der Waals surface area contributed by atoms with E-state index in [1.165, 1.54) is 11.9 Å². The molecule has 1 aromatic carbocycles. The first-order chi connectivity index (χ1) is 8.69. The van der Waals surface area contributed by atoms with E-state index in [-0.39, 0.29) is 5.54 Å². The molecule has 0 unspecified atom stereocenters. The molecule has 0 saturated heterocycles. The van der Waals surface area contributed by atoms with Gasteiger partial charge in [0, 0.05) is 28.7 Å². The molecule has 7 N–H and O–H groups in total. The summed E-state index contributed by atoms with van der Waals surface area (Å²) in [7, 11) is 1.60. The maximum atomic E-state index is 5.90. The first-order valence-corrected chi connectivity index (χ1v) is 6.67. The smallest absolute Gasteiger partial charge is 0.154 e. The van der Waals surface area contributed by atoms with Crippen molar-refractivity contribution in [2.24, 2.45) is 16.7 Å². The molecule has 0 amide bonds. The molecule has 0 aliphatic rings. The summed E-state index contributed by atoms with van der Waals surface area (Å²) < 4.78 is 3.32. The van der Waals surface area contributed by atoms with Gasteiger partial charge in [-0.15, -0.1) is 5.10 Å². The molecule has 1 aromatic rings. The van der Waals surface area contributed by atoms with Gasteiger partial charge in [-0.3, -0.25) is 4.72 Å². The van der Waals surface area contributed by atoms with Crippen molar-refractivity contribution in [2.75, 3.05) is 12.8 Å². The van der Waals surface area contributed by atoms with Crippen LogP contribution in [0.2, 0.25) is 0 Å². The minimum Gasteiger partial charge on any atom is -0.398 e. The number of hydrogen-bond acceptors (Lipinski definition) is 6. The Morgan fingerprint density at radius 1 is 1.37 bits per heavy atom. The molecular formula is C12H22N6S. The average Bonchev–Trinajstić information content (AvgIpc) is 2.25. The third kappa shape index (κ3) is 5.37. The summed E-state index contributed by atoms with van der Waals surface area (Å²) in [6.45, 7) is 6.28. The summed E-state index contributed by atoms with van der Waals surface area (Å²) in [4.78, 5) is 1.01. The van der Waals surface area contributed by atoms with E-state index in [1.807, 2.05) is 12.1 Å². The van der Waals surface area contributed by atoms with Crippen molar-refractivity contribution < 1.29 is 0 Å². The van der Waals surface area contributed by atoms with E-state index in [0.717, 1.165) is 10.0 Å². The minimum atomic E-state index is 0.0172. The quantitative estimate of drug-likeness (QED) is 0.164. The fourth-order valence-corrected chi connectivity index (χ4v) is 1.99. The normalized spacial score (nSPS) is 12.6. The zero-order chi connectivity index (χ0) is 14.6. The second-order valence-corrected chi connectivity index (χ2v) is 6.14. The minimum absolute atomic E-state index is 0.0172. The largest absolute Gasteiger partial charge is 0.398 e. The maximum Gasteiger partial charge on any atom is 0.154 e. The second kappa shape index (κ2) is 6.14. The van der Waals surface area contributed by atoms with Crippen LogP contribution in [0.25, 0.3) is 0 Å². The lowest BCUT2D eigenvalue weighted by Crippen LogP contribution is -2.29. The van der Waals surface area contributed by atoms with E-state index in [1.54, 1.807) is 13.1 Å². The van der Waals surface area contributed by atoms with Crippen LogP contribution < -0.4 is 22.0 Å². The summed E-state index contributed by atoms with van der Waals surface area (Å²) in [6.07, 6.45) is 0. The van der Waals surface area contributed by atoms with Gasteiger partial charge in [-0.1, -0.05) is 0 Å². The SMILES string of the molecule is CN(N)/N=C(\N)c1cc(SNC(C)(C)C)ccc1N. The molecule has 0 bridgehead atoms. The zero-order valence-electron chi connectivity index (χ0n) is 11.8. The van der Waals surface area contributed by atoms with Crippen LogP contribution in [0.3, 0.4) is 0 Å². The summed E-state index contributed by atoms with van der Waals surface area (Å²) in [6, 6.07) is 5.63. The number of nitrogen functional groups attached to an aromatic ring is 1. The molecule has 0 aliphatic heterocycles. The van der Waals surface area contributed by atoms with E-state index < -0.39 is 0 Å². The van der Waals surface area contributed by atoms with Gasteiger partial charge < -0.3 is 11.5 Å². The Morgan fingerprint density at radius 2 is 2.00 bits per heavy atom. The van der Waals surface area contributed by atoms with Crippen molar-refractivity contribution in [2.45, 2.75) is 31.2 Å². The number of anilines is 1. The number of benzene rings is 1. The number of amidine groups is 1. The summed E-state index contributed by atoms with van der Waals surface area (Å²) >= 11 is 1.53. The van der Waals surface area contributed by atoms with Gasteiger partial charge in [0.15, 0.2) is 5.84 Å². The van der Waals surface area contributed by atoms with E-state index in [4.69, 9.17) is 17.3 Å². The standard InChI is InChI=1S/C12H22N6S/c1-12(2,3)17-19-8-5-6-10(13)9(7-8)11(14)16-18(4)15/h5-7,17H,13,15H2,1-4H3,(H2,14,16). The first kappa shape index (κ1) is 15.6. The van der Waals surface area contributed by atoms with Gasteiger partial charge in [0.05, 0.1) is 0 Å². The molecule has 0 radical (unpaired) electrons. The Kier molecular flexibility index (Phi) is 5.04. The van der Waals surface area contributed by atoms with Crippen LogP contribution in [0.4, 0.5) is 5.69 Å². The Bertz CT molecular complexity index is 464. The van der Waals surface area contributed by atoms with Gasteiger partial charge in [-0.05, 0) is 50.9 Å². The van der Waals surface area contributed by atoms with Crippen molar-refractivity contribution in [3.05, 3.63) is 23.8 Å². The third-order valence-corrected chi connectivity index (χ3v) is 3.25. The zero-order valence-corrected chi connectivity index (χ0v) is 12.6. The number of hydrazone groups is 1. The number of nitrogens with one attached hydrogen (secondary N) is 1. The molecule has 1 rings (SSSR count). The van der Waals surface area contributed by atoms with Gasteiger partial charge in [0.1, 0.15) is 0 Å². The third-order valence-electron chi connectivity index (χ3n) is 2.04. The molecular weight excluding hydrogens is 260 g/mol. The van der Waals surface area contributed by atoms with E-state index >= 15 is 0 Å². The van der Waals surface area contributed by atoms with Gasteiger partial charge in [-0.25, -0.2) is 11.0 Å². The van der Waals surface area contributed by atoms with Crippen LogP contribution >= 0.6 is 11.9 Å². The predicted molar refractivity (Wildman–Crippen MR) is 82.3 cm³/mol. The Labute approximate surface area is 118 Å². The molecule has 7 heteroatoms. The molecule has 0 spiro atoms. The predicted octanol–water partition coefficient (Wildman–Crippen LogP) is 1.09. The Morgan fingerprint density at radius 3 is 2.53 bits per heavy atom. The van der Waals surface area contributed by atoms with Gasteiger partial charge in [0.2, 0.25) is 0 Å². The first-order valence-electron chi connectivity index (χ1n) is 5.85. The lowest BCUT2D eigenvalue weighted by molar-refractivity contribution is 0.371. The van der Waals surface area contributed by atoms with E-state index in [9.17, 15) is 0 Å². The highest BCUT2D eigenvalue weighted by Crippen LogP contribution is 2.23. The molecule has 6 nitrogen and oxygen atoms in total. The van der Waals surface area contributed by atoms with Crippen LogP contribution in [0.15, 0.2) is 28.2 Å². The summed E-state index contributed by atoms with van der Waals surface area (Å²) in [5.74, 6) is 5.73. The monoisotopic (exact) mass is 282 g/mol. The van der Waals surface area contributed by atoms with Crippen molar-refractivity contribution >= 4 is 23.5 Å². The molecule has 0 fully saturated rings. The highest BCUT2D eigenvalue weighted by molar-refractivity contribution is 7.97. The van der Waals surface area contributed by atoms with Crippen LogP contribution in [0.1, 0.15) is 26.3 Å². The van der Waals surface area contributed by atoms with Crippen molar-refractivity contribution in [3.8, 4) is 0 Å². The molecule has 0 aromatic heterocycles. The molecule has 0 heterocycles. The topological polar surface area (TPSA) is 106 Å². The molecule has 0 aliphatic carbocycles. The Balaban J connectivity index is 2.95. The average molecular weight is 282 g/mol. The molecule has 0 saturated carbocycles. The Hall–Kier alpha value is -1.44. The second-order valence-electron chi connectivity index (χ2n) is 5.26. The number of hydrogen-bond donors (Lipinski definition) is 4. The summed E-state index contributed by atoms with van der Waals surface area (Å²) in [5, 5.41) is 5.11. The highest BCUT2D eigenvalue weighted by Gasteiger charge is 2.11. The van der Waals surface area contributed by atoms with Crippen molar-refractivity contribution in [1.82, 2.24) is 9.84 Å². The fraction of sp³-hybridized carbons (Fsp3) is 0.417. The fourth-order valence-electron chi connectivity index (χ4n) is 1.26. The van der Waals surface area contributed by atoms with Gasteiger partial charge in [0.25, 0.3) is 0 Å². The molecule has 19 heavy (non-hydrogen) atoms. The van der Waals surface area contributed by atoms with Gasteiger partial charge in [-0.2, -0.15) is 0 Å². The van der Waals surface area contributed by atoms with Gasteiger partial charge >= 0.3 is 0 Å². The van der Waals surface area contributed by atoms with Crippen LogP contribution in [-0.4, -0.2) is 23.5 Å². The lowest BCUT2D eigenvalue weighted by atomic mass is 10.1. The lowest BCUT2D eigenvalue weighted by Gasteiger charge is -2.19. The number of nitrogens with two attached hydrogens (primary N) is 3. The van der Waals surface area contributed by atoms with E-state index in [0.29, 0.717) is 17.1 Å². The van der Waals surface area contributed by atoms with E-state index in [2.05, 4.69) is 30.6 Å². The maximum absolute atomic E-state index is 5.90. The van der Waals surface area contributed by atoms with Crippen LogP contribution in [-0.2, 0) is 0 Å². The number of nitrogens with zero attached hydrogens (tertiary/aromatic N) is 2. The number of rotatable bonds is 4. The van der Waals surface area contributed by atoms with Crippen LogP contribution in [0, 0.1) is 0 Å². The molecule has 106 valence electrons. The highest BCUT2D eigenvalue weighted by atomic mass is 32.2. The van der Waals surface area contributed by atoms with Crippen molar-refractivity contribution in [1.29, 1.82) is 0 Å². The van der Waals surface area contributed by atoms with Crippen molar-refractivity contribution in [3.63, 3.8) is 0 Å². The number of hydrazine groups is 1. The van der Waals surface area contributed by atoms with Crippen LogP contribution in [0.5, 0.6) is 0 Å².